The predicted octanol–water partition coefficient (Wildman–Crippen LogP) is 2.33. The maximum absolute atomic E-state index is 14.5. The van der Waals surface area contributed by atoms with E-state index in [0.717, 1.165) is 37.6 Å². The number of halogens is 1. The SMILES string of the molecule is COc1cccc(N2CCN(c3ccc(C=NNC(N)=S)cc3F)CC2)c1. The number of methoxy groups -OCH3 is 1. The summed E-state index contributed by atoms with van der Waals surface area (Å²) in [6, 6.07) is 13.0. The lowest BCUT2D eigenvalue weighted by atomic mass is 10.1. The Balaban J connectivity index is 1.63. The van der Waals surface area contributed by atoms with Gasteiger partial charge in [-0.2, -0.15) is 5.10 Å². The van der Waals surface area contributed by atoms with E-state index in [-0.39, 0.29) is 10.9 Å². The lowest BCUT2D eigenvalue weighted by molar-refractivity contribution is 0.414. The molecule has 6 nitrogen and oxygen atoms in total. The third-order valence-corrected chi connectivity index (χ3v) is 4.49. The van der Waals surface area contributed by atoms with Gasteiger partial charge in [-0.25, -0.2) is 4.39 Å². The topological polar surface area (TPSA) is 66.1 Å². The van der Waals surface area contributed by atoms with Crippen LogP contribution < -0.4 is 25.7 Å². The lowest BCUT2D eigenvalue weighted by Gasteiger charge is -2.37. The monoisotopic (exact) mass is 387 g/mol. The van der Waals surface area contributed by atoms with Crippen LogP contribution in [0.3, 0.4) is 0 Å². The van der Waals surface area contributed by atoms with Gasteiger partial charge in [0.15, 0.2) is 5.11 Å². The van der Waals surface area contributed by atoms with E-state index in [1.54, 1.807) is 13.2 Å². The summed E-state index contributed by atoms with van der Waals surface area (Å²) in [5.74, 6) is 0.562. The lowest BCUT2D eigenvalue weighted by Crippen LogP contribution is -2.46. The summed E-state index contributed by atoms with van der Waals surface area (Å²) < 4.78 is 19.8. The Labute approximate surface area is 163 Å². The molecule has 2 aromatic carbocycles. The van der Waals surface area contributed by atoms with Gasteiger partial charge in [0.1, 0.15) is 11.6 Å². The fraction of sp³-hybridized carbons (Fsp3) is 0.263. The molecule has 8 heteroatoms. The maximum atomic E-state index is 14.5. The second-order valence-corrected chi connectivity index (χ2v) is 6.56. The Kier molecular flexibility index (Phi) is 6.08. The zero-order valence-corrected chi connectivity index (χ0v) is 15.9. The van der Waals surface area contributed by atoms with Crippen LogP contribution >= 0.6 is 12.2 Å². The number of nitrogens with two attached hydrogens (primary N) is 1. The fourth-order valence-electron chi connectivity index (χ4n) is 3.04. The van der Waals surface area contributed by atoms with Crippen molar-refractivity contribution in [2.45, 2.75) is 0 Å². The fourth-order valence-corrected chi connectivity index (χ4v) is 3.10. The largest absolute Gasteiger partial charge is 0.497 e. The summed E-state index contributed by atoms with van der Waals surface area (Å²) >= 11 is 4.66. The Morgan fingerprint density at radius 1 is 1.19 bits per heavy atom. The van der Waals surface area contributed by atoms with E-state index in [1.165, 1.54) is 12.3 Å². The van der Waals surface area contributed by atoms with Gasteiger partial charge in [-0.3, -0.25) is 5.43 Å². The first-order valence-corrected chi connectivity index (χ1v) is 8.99. The molecule has 2 aromatic rings. The summed E-state index contributed by atoms with van der Waals surface area (Å²) in [7, 11) is 1.66. The number of ether oxygens (including phenoxy) is 1. The van der Waals surface area contributed by atoms with Crippen molar-refractivity contribution in [3.8, 4) is 5.75 Å². The first-order valence-electron chi connectivity index (χ1n) is 8.59. The van der Waals surface area contributed by atoms with Crippen LogP contribution in [0.1, 0.15) is 5.56 Å². The Bertz CT molecular complexity index is 837. The highest BCUT2D eigenvalue weighted by molar-refractivity contribution is 7.80. The molecule has 0 atom stereocenters. The van der Waals surface area contributed by atoms with Gasteiger partial charge in [-0.15, -0.1) is 0 Å². The number of nitrogens with one attached hydrogen (secondary N) is 1. The Hall–Kier alpha value is -2.87. The van der Waals surface area contributed by atoms with Gasteiger partial charge in [0, 0.05) is 37.9 Å². The molecule has 3 rings (SSSR count). The highest BCUT2D eigenvalue weighted by Gasteiger charge is 2.20. The minimum atomic E-state index is -0.274. The number of thiocarbonyl (C=S) groups is 1. The molecule has 3 N–H and O–H groups in total. The molecule has 0 aromatic heterocycles. The van der Waals surface area contributed by atoms with Gasteiger partial charge in [-0.1, -0.05) is 12.1 Å². The standard InChI is InChI=1S/C19H22FN5OS/c1-26-16-4-2-3-15(12-16)24-7-9-25(10-8-24)18-6-5-14(11-17(18)20)13-22-23-19(21)27/h2-6,11-13H,7-10H2,1H3,(H3,21,23,27). The molecule has 0 saturated carbocycles. The highest BCUT2D eigenvalue weighted by atomic mass is 32.1. The van der Waals surface area contributed by atoms with Gasteiger partial charge in [-0.05, 0) is 42.0 Å². The van der Waals surface area contributed by atoms with Crippen LogP contribution in [0.2, 0.25) is 0 Å². The summed E-state index contributed by atoms with van der Waals surface area (Å²) in [4.78, 5) is 4.33. The summed E-state index contributed by atoms with van der Waals surface area (Å²) in [5.41, 5.74) is 10.1. The van der Waals surface area contributed by atoms with Crippen molar-refractivity contribution in [3.05, 3.63) is 53.8 Å². The smallest absolute Gasteiger partial charge is 0.184 e. The average Bonchev–Trinajstić information content (AvgIpc) is 2.68. The normalized spacial score (nSPS) is 14.4. The molecule has 0 radical (unpaired) electrons. The molecule has 0 amide bonds. The third-order valence-electron chi connectivity index (χ3n) is 4.40. The summed E-state index contributed by atoms with van der Waals surface area (Å²) in [6.07, 6.45) is 1.48. The third kappa shape index (κ3) is 4.85. The number of hydrogen-bond acceptors (Lipinski definition) is 5. The first kappa shape index (κ1) is 18.9. The minimum Gasteiger partial charge on any atom is -0.497 e. The molecule has 1 aliphatic rings. The zero-order valence-electron chi connectivity index (χ0n) is 15.1. The highest BCUT2D eigenvalue weighted by Crippen LogP contribution is 2.25. The van der Waals surface area contributed by atoms with Gasteiger partial charge >= 0.3 is 0 Å². The molecule has 1 saturated heterocycles. The molecule has 1 fully saturated rings. The number of anilines is 2. The van der Waals surface area contributed by atoms with Crippen LogP contribution in [0, 0.1) is 5.82 Å². The molecular weight excluding hydrogens is 365 g/mol. The van der Waals surface area contributed by atoms with Crippen LogP contribution in [0.15, 0.2) is 47.6 Å². The van der Waals surface area contributed by atoms with Crippen LogP contribution in [0.25, 0.3) is 0 Å². The molecule has 0 bridgehead atoms. The number of hydrogen-bond donors (Lipinski definition) is 2. The van der Waals surface area contributed by atoms with E-state index in [0.29, 0.717) is 11.3 Å². The molecule has 0 aliphatic carbocycles. The second-order valence-electron chi connectivity index (χ2n) is 6.12. The van der Waals surface area contributed by atoms with Crippen LogP contribution in [-0.2, 0) is 0 Å². The van der Waals surface area contributed by atoms with Gasteiger partial charge in [0.2, 0.25) is 0 Å². The number of hydrazone groups is 1. The molecule has 142 valence electrons. The van der Waals surface area contributed by atoms with Crippen molar-refractivity contribution in [2.24, 2.45) is 10.8 Å². The number of piperazine rings is 1. The number of benzene rings is 2. The second kappa shape index (κ2) is 8.68. The molecule has 0 unspecified atom stereocenters. The molecule has 0 spiro atoms. The number of rotatable bonds is 5. The van der Waals surface area contributed by atoms with E-state index >= 15 is 0 Å². The van der Waals surface area contributed by atoms with Crippen molar-refractivity contribution in [2.75, 3.05) is 43.1 Å². The van der Waals surface area contributed by atoms with Gasteiger partial charge in [0.05, 0.1) is 19.0 Å². The van der Waals surface area contributed by atoms with Crippen molar-refractivity contribution in [3.63, 3.8) is 0 Å². The van der Waals surface area contributed by atoms with Crippen molar-refractivity contribution < 1.29 is 9.13 Å². The summed E-state index contributed by atoms with van der Waals surface area (Å²) in [6.45, 7) is 3.11. The molecular formula is C19H22FN5OS. The molecule has 27 heavy (non-hydrogen) atoms. The predicted molar refractivity (Wildman–Crippen MR) is 111 cm³/mol. The summed E-state index contributed by atoms with van der Waals surface area (Å²) in [5, 5.41) is 3.91. The van der Waals surface area contributed by atoms with Gasteiger partial charge in [0.25, 0.3) is 0 Å². The van der Waals surface area contributed by atoms with Crippen LogP contribution in [0.4, 0.5) is 15.8 Å². The van der Waals surface area contributed by atoms with Crippen molar-refractivity contribution in [1.82, 2.24) is 5.43 Å². The van der Waals surface area contributed by atoms with Crippen molar-refractivity contribution in [1.29, 1.82) is 0 Å². The first-order chi connectivity index (χ1) is 13.1. The van der Waals surface area contributed by atoms with E-state index in [1.807, 2.05) is 24.3 Å². The quantitative estimate of drug-likeness (QED) is 0.466. The Morgan fingerprint density at radius 2 is 1.93 bits per heavy atom. The van der Waals surface area contributed by atoms with Crippen LogP contribution in [0.5, 0.6) is 5.75 Å². The number of nitrogens with zero attached hydrogens (tertiary/aromatic N) is 3. The zero-order chi connectivity index (χ0) is 19.2. The maximum Gasteiger partial charge on any atom is 0.184 e. The minimum absolute atomic E-state index is 0.0669. The van der Waals surface area contributed by atoms with E-state index in [4.69, 9.17) is 10.5 Å². The Morgan fingerprint density at radius 3 is 2.59 bits per heavy atom. The van der Waals surface area contributed by atoms with Gasteiger partial charge < -0.3 is 20.3 Å². The van der Waals surface area contributed by atoms with Crippen LogP contribution in [-0.4, -0.2) is 44.6 Å². The van der Waals surface area contributed by atoms with E-state index in [2.05, 4.69) is 38.6 Å². The molecule has 1 heterocycles. The van der Waals surface area contributed by atoms with E-state index < -0.39 is 0 Å². The van der Waals surface area contributed by atoms with E-state index in [9.17, 15) is 4.39 Å². The molecule has 1 aliphatic heterocycles. The van der Waals surface area contributed by atoms with Crippen molar-refractivity contribution >= 4 is 34.9 Å². The average molecular weight is 387 g/mol.